The van der Waals surface area contributed by atoms with Crippen LogP contribution in [0, 0.1) is 0 Å². The van der Waals surface area contributed by atoms with Crippen LogP contribution in [0.25, 0.3) is 5.69 Å². The summed E-state index contributed by atoms with van der Waals surface area (Å²) in [6.45, 7) is 3.41. The molecule has 0 spiro atoms. The van der Waals surface area contributed by atoms with Crippen LogP contribution in [0.3, 0.4) is 0 Å². The zero-order valence-electron chi connectivity index (χ0n) is 14.7. The number of hydrogen-bond acceptors (Lipinski definition) is 5. The van der Waals surface area contributed by atoms with Gasteiger partial charge in [0, 0.05) is 24.4 Å². The molecule has 0 radical (unpaired) electrons. The van der Waals surface area contributed by atoms with Gasteiger partial charge >= 0.3 is 0 Å². The molecule has 3 rings (SSSR count). The highest BCUT2D eigenvalue weighted by molar-refractivity contribution is 7.99. The molecule has 0 saturated heterocycles. The van der Waals surface area contributed by atoms with E-state index in [4.69, 9.17) is 0 Å². The minimum atomic E-state index is 0.0761. The molecular formula is C19H21N5OS. The van der Waals surface area contributed by atoms with Crippen LogP contribution in [0.2, 0.25) is 0 Å². The lowest BCUT2D eigenvalue weighted by atomic mass is 10.2. The van der Waals surface area contributed by atoms with E-state index >= 15 is 0 Å². The summed E-state index contributed by atoms with van der Waals surface area (Å²) in [5, 5.41) is 12.7. The number of thioether (sulfide) groups is 1. The quantitative estimate of drug-likeness (QED) is 0.451. The van der Waals surface area contributed by atoms with E-state index in [9.17, 15) is 4.79 Å². The van der Waals surface area contributed by atoms with Gasteiger partial charge in [-0.05, 0) is 48.0 Å². The van der Waals surface area contributed by atoms with Gasteiger partial charge in [0.15, 0.2) is 0 Å². The first-order valence-corrected chi connectivity index (χ1v) is 9.59. The van der Waals surface area contributed by atoms with Gasteiger partial charge in [0.2, 0.25) is 5.16 Å². The van der Waals surface area contributed by atoms with E-state index in [1.54, 1.807) is 16.4 Å². The van der Waals surface area contributed by atoms with Crippen molar-refractivity contribution in [1.82, 2.24) is 25.1 Å². The van der Waals surface area contributed by atoms with Crippen LogP contribution >= 0.6 is 11.8 Å². The fourth-order valence-electron chi connectivity index (χ4n) is 2.59. The number of para-hydroxylation sites is 1. The number of aromatic nitrogens is 4. The average Bonchev–Trinajstić information content (AvgIpc) is 3.17. The van der Waals surface area contributed by atoms with Crippen molar-refractivity contribution in [1.29, 1.82) is 0 Å². The second-order valence-corrected chi connectivity index (χ2v) is 6.72. The molecule has 0 aliphatic rings. The molecule has 3 aromatic rings. The molecule has 0 fully saturated rings. The zero-order valence-corrected chi connectivity index (χ0v) is 15.5. The van der Waals surface area contributed by atoms with Gasteiger partial charge in [-0.1, -0.05) is 48.2 Å². The first-order valence-electron chi connectivity index (χ1n) is 8.60. The highest BCUT2D eigenvalue weighted by atomic mass is 32.2. The fourth-order valence-corrected chi connectivity index (χ4v) is 3.40. The summed E-state index contributed by atoms with van der Waals surface area (Å²) in [5.41, 5.74) is 1.67. The molecule has 0 bridgehead atoms. The van der Waals surface area contributed by atoms with Gasteiger partial charge in [-0.3, -0.25) is 4.79 Å². The van der Waals surface area contributed by atoms with Crippen molar-refractivity contribution in [3.8, 4) is 5.69 Å². The average molecular weight is 367 g/mol. The lowest BCUT2D eigenvalue weighted by Gasteiger charge is -2.20. The van der Waals surface area contributed by atoms with E-state index < -0.39 is 0 Å². The lowest BCUT2D eigenvalue weighted by molar-refractivity contribution is 0.0765. The van der Waals surface area contributed by atoms with Crippen molar-refractivity contribution in [3.05, 3.63) is 66.2 Å². The SMILES string of the molecule is CCN(CCCSc1nnnn1-c1ccccc1)C(=O)c1ccccc1. The molecule has 0 N–H and O–H groups in total. The maximum absolute atomic E-state index is 12.5. The molecule has 7 heteroatoms. The summed E-state index contributed by atoms with van der Waals surface area (Å²) in [6, 6.07) is 19.2. The maximum atomic E-state index is 12.5. The molecule has 0 saturated carbocycles. The standard InChI is InChI=1S/C19H21N5OS/c1-2-23(18(25)16-10-5-3-6-11-16)14-9-15-26-19-20-21-22-24(19)17-12-7-4-8-13-17/h3-8,10-13H,2,9,14-15H2,1H3. The minimum Gasteiger partial charge on any atom is -0.339 e. The monoisotopic (exact) mass is 367 g/mol. The van der Waals surface area contributed by atoms with E-state index in [-0.39, 0.29) is 5.91 Å². The van der Waals surface area contributed by atoms with Gasteiger partial charge in [0.05, 0.1) is 5.69 Å². The molecular weight excluding hydrogens is 346 g/mol. The first-order chi connectivity index (χ1) is 12.8. The van der Waals surface area contributed by atoms with Crippen LogP contribution in [-0.4, -0.2) is 49.9 Å². The summed E-state index contributed by atoms with van der Waals surface area (Å²) in [5.74, 6) is 0.915. The highest BCUT2D eigenvalue weighted by Crippen LogP contribution is 2.19. The van der Waals surface area contributed by atoms with E-state index in [1.165, 1.54) is 0 Å². The van der Waals surface area contributed by atoms with Crippen molar-refractivity contribution >= 4 is 17.7 Å². The van der Waals surface area contributed by atoms with Gasteiger partial charge < -0.3 is 4.90 Å². The summed E-state index contributed by atoms with van der Waals surface area (Å²) in [7, 11) is 0. The van der Waals surface area contributed by atoms with E-state index in [0.29, 0.717) is 13.1 Å². The van der Waals surface area contributed by atoms with Crippen molar-refractivity contribution in [2.75, 3.05) is 18.8 Å². The topological polar surface area (TPSA) is 63.9 Å². The predicted molar refractivity (Wildman–Crippen MR) is 103 cm³/mol. The van der Waals surface area contributed by atoms with Gasteiger partial charge in [-0.15, -0.1) is 5.10 Å². The van der Waals surface area contributed by atoms with E-state index in [1.807, 2.05) is 72.5 Å². The molecule has 0 atom stereocenters. The van der Waals surface area contributed by atoms with Gasteiger partial charge in [-0.2, -0.15) is 4.68 Å². The van der Waals surface area contributed by atoms with Crippen LogP contribution < -0.4 is 0 Å². The molecule has 0 unspecified atom stereocenters. The summed E-state index contributed by atoms with van der Waals surface area (Å²) >= 11 is 1.60. The molecule has 1 amide bonds. The number of carbonyl (C=O) groups is 1. The van der Waals surface area contributed by atoms with E-state index in [2.05, 4.69) is 15.5 Å². The number of benzene rings is 2. The highest BCUT2D eigenvalue weighted by Gasteiger charge is 2.14. The zero-order chi connectivity index (χ0) is 18.2. The molecule has 6 nitrogen and oxygen atoms in total. The third-order valence-electron chi connectivity index (χ3n) is 3.93. The van der Waals surface area contributed by atoms with Crippen LogP contribution in [0.5, 0.6) is 0 Å². The third-order valence-corrected chi connectivity index (χ3v) is 4.94. The molecule has 1 heterocycles. The number of nitrogens with zero attached hydrogens (tertiary/aromatic N) is 5. The van der Waals surface area contributed by atoms with Crippen molar-refractivity contribution in [2.24, 2.45) is 0 Å². The van der Waals surface area contributed by atoms with Gasteiger partial charge in [0.25, 0.3) is 5.91 Å². The Bertz CT molecular complexity index is 822. The second-order valence-electron chi connectivity index (χ2n) is 5.66. The lowest BCUT2D eigenvalue weighted by Crippen LogP contribution is -2.32. The number of tetrazole rings is 1. The van der Waals surface area contributed by atoms with Crippen LogP contribution in [0.15, 0.2) is 65.8 Å². The maximum Gasteiger partial charge on any atom is 0.253 e. The molecule has 0 aliphatic heterocycles. The number of carbonyl (C=O) groups excluding carboxylic acids is 1. The third kappa shape index (κ3) is 4.49. The largest absolute Gasteiger partial charge is 0.339 e. The Kier molecular flexibility index (Phi) is 6.38. The Morgan fingerprint density at radius 3 is 2.46 bits per heavy atom. The van der Waals surface area contributed by atoms with Crippen molar-refractivity contribution in [2.45, 2.75) is 18.5 Å². The summed E-state index contributed by atoms with van der Waals surface area (Å²) < 4.78 is 1.73. The second kappa shape index (κ2) is 9.15. The normalized spacial score (nSPS) is 10.7. The van der Waals surface area contributed by atoms with Crippen LogP contribution in [-0.2, 0) is 0 Å². The van der Waals surface area contributed by atoms with Gasteiger partial charge in [0.1, 0.15) is 0 Å². The molecule has 26 heavy (non-hydrogen) atoms. The van der Waals surface area contributed by atoms with Gasteiger partial charge in [-0.25, -0.2) is 0 Å². The number of hydrogen-bond donors (Lipinski definition) is 0. The predicted octanol–water partition coefficient (Wildman–Crippen LogP) is 3.31. The Morgan fingerprint density at radius 2 is 1.77 bits per heavy atom. The van der Waals surface area contributed by atoms with Crippen LogP contribution in [0.1, 0.15) is 23.7 Å². The van der Waals surface area contributed by atoms with E-state index in [0.717, 1.165) is 28.6 Å². The Hall–Kier alpha value is -2.67. The minimum absolute atomic E-state index is 0.0761. The molecule has 134 valence electrons. The molecule has 0 aliphatic carbocycles. The smallest absolute Gasteiger partial charge is 0.253 e. The Balaban J connectivity index is 1.53. The summed E-state index contributed by atoms with van der Waals surface area (Å²) in [6.07, 6.45) is 0.874. The number of rotatable bonds is 8. The Morgan fingerprint density at radius 1 is 1.08 bits per heavy atom. The fraction of sp³-hybridized carbons (Fsp3) is 0.263. The van der Waals surface area contributed by atoms with Crippen molar-refractivity contribution in [3.63, 3.8) is 0 Å². The van der Waals surface area contributed by atoms with Crippen molar-refractivity contribution < 1.29 is 4.79 Å². The first kappa shape index (κ1) is 18.1. The summed E-state index contributed by atoms with van der Waals surface area (Å²) in [4.78, 5) is 14.4. The molecule has 2 aromatic carbocycles. The Labute approximate surface area is 157 Å². The molecule has 1 aromatic heterocycles. The number of amides is 1. The van der Waals surface area contributed by atoms with Crippen LogP contribution in [0.4, 0.5) is 0 Å².